The fraction of sp³-hybridized carbons (Fsp3) is 0.524. The van der Waals surface area contributed by atoms with Crippen molar-refractivity contribution in [3.05, 3.63) is 23.8 Å². The highest BCUT2D eigenvalue weighted by atomic mass is 16.5. The van der Waals surface area contributed by atoms with E-state index in [1.165, 1.54) is 19.1 Å². The molecule has 0 atom stereocenters. The second kappa shape index (κ2) is 9.88. The van der Waals surface area contributed by atoms with Crippen molar-refractivity contribution < 1.29 is 18.8 Å². The largest absolute Gasteiger partial charge is 0.381 e. The molecule has 2 aliphatic heterocycles. The van der Waals surface area contributed by atoms with Crippen molar-refractivity contribution in [2.24, 2.45) is 0 Å². The number of benzene rings is 1. The van der Waals surface area contributed by atoms with Gasteiger partial charge in [-0.15, -0.1) is 0 Å². The van der Waals surface area contributed by atoms with E-state index in [0.717, 1.165) is 23.2 Å². The number of hydrogen-bond donors (Lipinski definition) is 2. The van der Waals surface area contributed by atoms with E-state index in [9.17, 15) is 4.79 Å². The van der Waals surface area contributed by atoms with Crippen LogP contribution >= 0.6 is 0 Å². The molecule has 2 saturated heterocycles. The first-order chi connectivity index (χ1) is 15.2. The Balaban J connectivity index is 0.000000407. The summed E-state index contributed by atoms with van der Waals surface area (Å²) in [6.07, 6.45) is 5.39. The lowest BCUT2D eigenvalue weighted by Gasteiger charge is -2.30. The van der Waals surface area contributed by atoms with Crippen molar-refractivity contribution >= 4 is 24.3 Å². The van der Waals surface area contributed by atoms with E-state index < -0.39 is 0 Å². The van der Waals surface area contributed by atoms with Crippen LogP contribution < -0.4 is 10.2 Å². The molecule has 1 aromatic heterocycles. The number of carbonyl (C=O) groups is 1. The van der Waals surface area contributed by atoms with Gasteiger partial charge in [-0.05, 0) is 18.9 Å². The third-order valence-electron chi connectivity index (χ3n) is 5.47. The van der Waals surface area contributed by atoms with Crippen LogP contribution in [-0.2, 0) is 14.3 Å². The molecule has 3 aliphatic rings. The lowest BCUT2D eigenvalue weighted by Crippen LogP contribution is -2.45. The van der Waals surface area contributed by atoms with E-state index in [-0.39, 0.29) is 6.04 Å². The van der Waals surface area contributed by atoms with E-state index in [4.69, 9.17) is 19.4 Å². The molecule has 10 nitrogen and oxygen atoms in total. The van der Waals surface area contributed by atoms with Crippen LogP contribution in [0.3, 0.4) is 0 Å². The summed E-state index contributed by atoms with van der Waals surface area (Å²) in [5, 5.41) is 15.0. The first-order valence-electron chi connectivity index (χ1n) is 10.5. The number of carbonyl (C=O) groups excluding carboxylic acids is 1. The molecular formula is C21H28N6O4. The lowest BCUT2D eigenvalue weighted by atomic mass is 10.1. The van der Waals surface area contributed by atoms with Crippen molar-refractivity contribution in [2.45, 2.75) is 25.0 Å². The second-order valence-electron chi connectivity index (χ2n) is 7.79. The molecule has 2 N–H and O–H groups in total. The average molecular weight is 428 g/mol. The maximum absolute atomic E-state index is 10.8. The van der Waals surface area contributed by atoms with Gasteiger partial charge in [0.05, 0.1) is 25.4 Å². The molecule has 0 radical (unpaired) electrons. The highest BCUT2D eigenvalue weighted by molar-refractivity contribution is 5.87. The molecular weight excluding hydrogens is 400 g/mol. The van der Waals surface area contributed by atoms with Crippen LogP contribution in [0.2, 0.25) is 0 Å². The molecule has 1 saturated carbocycles. The number of nitrogens with one attached hydrogen (secondary N) is 2. The minimum absolute atomic E-state index is 0.263. The molecule has 1 aromatic carbocycles. The molecule has 10 heteroatoms. The number of anilines is 2. The summed E-state index contributed by atoms with van der Waals surface area (Å²) in [4.78, 5) is 19.0. The van der Waals surface area contributed by atoms with Gasteiger partial charge in [0.15, 0.2) is 0 Å². The summed E-state index contributed by atoms with van der Waals surface area (Å²) < 4.78 is 15.5. The zero-order chi connectivity index (χ0) is 21.6. The van der Waals surface area contributed by atoms with Gasteiger partial charge >= 0.3 is 6.01 Å². The highest BCUT2D eigenvalue weighted by Gasteiger charge is 2.22. The van der Waals surface area contributed by atoms with Gasteiger partial charge in [0, 0.05) is 56.3 Å². The topological polar surface area (TPSA) is 117 Å². The van der Waals surface area contributed by atoms with Gasteiger partial charge in [-0.2, -0.15) is 4.98 Å². The molecule has 0 unspecified atom stereocenters. The van der Waals surface area contributed by atoms with Crippen LogP contribution in [0.4, 0.5) is 11.7 Å². The Morgan fingerprint density at radius 3 is 2.55 bits per heavy atom. The average Bonchev–Trinajstić information content (AvgIpc) is 3.51. The Kier molecular flexibility index (Phi) is 6.78. The lowest BCUT2D eigenvalue weighted by molar-refractivity contribution is -0.118. The van der Waals surface area contributed by atoms with Gasteiger partial charge in [-0.1, -0.05) is 17.3 Å². The second-order valence-corrected chi connectivity index (χ2v) is 7.79. The van der Waals surface area contributed by atoms with Gasteiger partial charge in [-0.3, -0.25) is 4.79 Å². The molecule has 0 bridgehead atoms. The fourth-order valence-corrected chi connectivity index (χ4v) is 3.27. The summed E-state index contributed by atoms with van der Waals surface area (Å²) >= 11 is 0. The SMILES string of the molecule is COC1CC1.N=Cc1ccc(-c2noc(N3CCN(C=O)CC3)n2)cc1NC1COC1. The molecule has 1 amide bonds. The zero-order valence-electron chi connectivity index (χ0n) is 17.6. The minimum atomic E-state index is 0.263. The molecule has 166 valence electrons. The third-order valence-corrected chi connectivity index (χ3v) is 5.47. The van der Waals surface area contributed by atoms with E-state index in [0.29, 0.717) is 57.3 Å². The molecule has 1 aliphatic carbocycles. The number of piperazine rings is 1. The normalized spacial score (nSPS) is 18.6. The Bertz CT molecular complexity index is 888. The van der Waals surface area contributed by atoms with Crippen LogP contribution in [0, 0.1) is 5.41 Å². The predicted octanol–water partition coefficient (Wildman–Crippen LogP) is 1.62. The highest BCUT2D eigenvalue weighted by Crippen LogP contribution is 2.26. The van der Waals surface area contributed by atoms with Gasteiger partial charge in [0.2, 0.25) is 12.2 Å². The standard InChI is InChI=1S/C17H20N6O3.C4H8O/c18-8-13-2-1-12(7-15(13)19-14-9-25-10-14)16-20-17(26-21-16)23-5-3-22(11-24)4-6-23;1-5-4-2-3-4/h1-2,7-8,11,14,18-19H,3-6,9-10H2;4H,2-3H2,1H3. The van der Waals surface area contributed by atoms with Gasteiger partial charge in [-0.25, -0.2) is 0 Å². The van der Waals surface area contributed by atoms with E-state index >= 15 is 0 Å². The summed E-state index contributed by atoms with van der Waals surface area (Å²) in [5.74, 6) is 0.502. The predicted molar refractivity (Wildman–Crippen MR) is 116 cm³/mol. The number of aromatic nitrogens is 2. The molecule has 0 spiro atoms. The van der Waals surface area contributed by atoms with Crippen LogP contribution in [-0.4, -0.2) is 86.3 Å². The molecule has 5 rings (SSSR count). The number of ether oxygens (including phenoxy) is 2. The van der Waals surface area contributed by atoms with Crippen molar-refractivity contribution in [1.29, 1.82) is 5.41 Å². The summed E-state index contributed by atoms with van der Waals surface area (Å²) in [6.45, 7) is 3.96. The van der Waals surface area contributed by atoms with Crippen LogP contribution in [0.5, 0.6) is 0 Å². The molecule has 31 heavy (non-hydrogen) atoms. The van der Waals surface area contributed by atoms with Crippen molar-refractivity contribution in [3.8, 4) is 11.4 Å². The quantitative estimate of drug-likeness (QED) is 0.505. The Hall–Kier alpha value is -2.98. The zero-order valence-corrected chi connectivity index (χ0v) is 17.6. The summed E-state index contributed by atoms with van der Waals surface area (Å²) in [7, 11) is 1.76. The maximum Gasteiger partial charge on any atom is 0.324 e. The maximum atomic E-state index is 10.8. The monoisotopic (exact) mass is 428 g/mol. The number of rotatable bonds is 7. The number of amides is 1. The Morgan fingerprint density at radius 1 is 1.23 bits per heavy atom. The van der Waals surface area contributed by atoms with E-state index in [1.54, 1.807) is 12.0 Å². The first kappa shape index (κ1) is 21.3. The Labute approximate surface area is 181 Å². The van der Waals surface area contributed by atoms with E-state index in [1.807, 2.05) is 23.1 Å². The smallest absolute Gasteiger partial charge is 0.324 e. The van der Waals surface area contributed by atoms with Gasteiger partial charge < -0.3 is 34.5 Å². The van der Waals surface area contributed by atoms with Crippen molar-refractivity contribution in [2.75, 3.05) is 56.7 Å². The van der Waals surface area contributed by atoms with E-state index in [2.05, 4.69) is 15.5 Å². The number of hydrogen-bond acceptors (Lipinski definition) is 9. The Morgan fingerprint density at radius 2 is 2.00 bits per heavy atom. The minimum Gasteiger partial charge on any atom is -0.381 e. The fourth-order valence-electron chi connectivity index (χ4n) is 3.27. The van der Waals surface area contributed by atoms with Gasteiger partial charge in [0.25, 0.3) is 0 Å². The van der Waals surface area contributed by atoms with Crippen LogP contribution in [0.1, 0.15) is 18.4 Å². The van der Waals surface area contributed by atoms with Crippen LogP contribution in [0.25, 0.3) is 11.4 Å². The molecule has 2 aromatic rings. The number of nitrogens with zero attached hydrogens (tertiary/aromatic N) is 4. The van der Waals surface area contributed by atoms with Crippen molar-refractivity contribution in [1.82, 2.24) is 15.0 Å². The summed E-state index contributed by atoms with van der Waals surface area (Å²) in [6, 6.07) is 6.39. The molecule has 3 fully saturated rings. The van der Waals surface area contributed by atoms with Crippen molar-refractivity contribution in [3.63, 3.8) is 0 Å². The molecule has 3 heterocycles. The third kappa shape index (κ3) is 5.39. The first-order valence-corrected chi connectivity index (χ1v) is 10.5. The van der Waals surface area contributed by atoms with Gasteiger partial charge in [0.1, 0.15) is 0 Å². The van der Waals surface area contributed by atoms with Crippen LogP contribution in [0.15, 0.2) is 22.7 Å². The number of methoxy groups -OCH3 is 1. The summed E-state index contributed by atoms with van der Waals surface area (Å²) in [5.41, 5.74) is 2.48.